The maximum atomic E-state index is 13.9. The van der Waals surface area contributed by atoms with Gasteiger partial charge in [-0.2, -0.15) is 4.39 Å². The Hall–Kier alpha value is -2.93. The topological polar surface area (TPSA) is 47.6 Å². The minimum Gasteiger partial charge on any atom is -0.423 e. The van der Waals surface area contributed by atoms with Gasteiger partial charge in [0.25, 0.3) is 5.91 Å². The van der Waals surface area contributed by atoms with Crippen LogP contribution in [-0.2, 0) is 0 Å². The normalized spacial score (nSPS) is 17.8. The summed E-state index contributed by atoms with van der Waals surface area (Å²) in [7, 11) is 0. The van der Waals surface area contributed by atoms with Gasteiger partial charge >= 0.3 is 6.04 Å². The zero-order valence-corrected chi connectivity index (χ0v) is 15.3. The maximum Gasteiger partial charge on any atom is 0.404 e. The van der Waals surface area contributed by atoms with Crippen LogP contribution in [0.1, 0.15) is 22.8 Å². The third-order valence-electron chi connectivity index (χ3n) is 4.10. The van der Waals surface area contributed by atoms with Crippen LogP contribution in [0.25, 0.3) is 10.4 Å². The SMILES string of the molecule is Cc1cc2c(cc1-c1ccc(NC(=O)c3ccccc3F)s1)OC(C)(F)O2. The molecule has 7 heteroatoms. The van der Waals surface area contributed by atoms with Crippen molar-refractivity contribution >= 4 is 22.2 Å². The molecule has 4 nitrogen and oxygen atoms in total. The van der Waals surface area contributed by atoms with Crippen LogP contribution in [0.2, 0.25) is 0 Å². The highest BCUT2D eigenvalue weighted by molar-refractivity contribution is 7.19. The predicted octanol–water partition coefficient (Wildman–Crippen LogP) is 5.53. The molecule has 1 N–H and O–H groups in total. The molecule has 0 radical (unpaired) electrons. The smallest absolute Gasteiger partial charge is 0.404 e. The highest BCUT2D eigenvalue weighted by atomic mass is 32.1. The first-order valence-corrected chi connectivity index (χ1v) is 9.02. The van der Waals surface area contributed by atoms with Gasteiger partial charge in [0.05, 0.1) is 10.6 Å². The molecule has 1 aliphatic heterocycles. The van der Waals surface area contributed by atoms with E-state index >= 15 is 0 Å². The van der Waals surface area contributed by atoms with Gasteiger partial charge in [-0.3, -0.25) is 4.79 Å². The fourth-order valence-electron chi connectivity index (χ4n) is 2.87. The summed E-state index contributed by atoms with van der Waals surface area (Å²) in [5.74, 6) is -0.415. The number of ether oxygens (including phenoxy) is 2. The van der Waals surface area contributed by atoms with E-state index in [0.29, 0.717) is 16.5 Å². The van der Waals surface area contributed by atoms with Crippen LogP contribution < -0.4 is 14.8 Å². The van der Waals surface area contributed by atoms with Gasteiger partial charge in [0.2, 0.25) is 0 Å². The molecule has 3 aromatic rings. The summed E-state index contributed by atoms with van der Waals surface area (Å²) >= 11 is 1.33. The molecular formula is C20H15F2NO3S. The van der Waals surface area contributed by atoms with Crippen molar-refractivity contribution < 1.29 is 23.0 Å². The van der Waals surface area contributed by atoms with E-state index in [1.807, 2.05) is 13.0 Å². The molecule has 27 heavy (non-hydrogen) atoms. The lowest BCUT2D eigenvalue weighted by atomic mass is 10.1. The highest BCUT2D eigenvalue weighted by Gasteiger charge is 2.37. The summed E-state index contributed by atoms with van der Waals surface area (Å²) in [4.78, 5) is 13.1. The summed E-state index contributed by atoms with van der Waals surface area (Å²) in [6.45, 7) is 3.08. The third-order valence-corrected chi connectivity index (χ3v) is 5.14. The van der Waals surface area contributed by atoms with Crippen molar-refractivity contribution in [3.63, 3.8) is 0 Å². The van der Waals surface area contributed by atoms with Crippen molar-refractivity contribution in [3.8, 4) is 21.9 Å². The number of benzene rings is 2. The molecule has 4 rings (SSSR count). The number of amides is 1. The van der Waals surface area contributed by atoms with Crippen molar-refractivity contribution in [1.82, 2.24) is 0 Å². The van der Waals surface area contributed by atoms with Crippen LogP contribution in [0.4, 0.5) is 13.8 Å². The molecule has 0 saturated carbocycles. The van der Waals surface area contributed by atoms with Crippen molar-refractivity contribution in [2.45, 2.75) is 19.9 Å². The number of carbonyl (C=O) groups excluding carboxylic acids is 1. The Balaban J connectivity index is 1.59. The van der Waals surface area contributed by atoms with Crippen molar-refractivity contribution in [2.24, 2.45) is 0 Å². The van der Waals surface area contributed by atoms with E-state index in [4.69, 9.17) is 9.47 Å². The fourth-order valence-corrected chi connectivity index (χ4v) is 3.86. The lowest BCUT2D eigenvalue weighted by molar-refractivity contribution is -0.173. The second-order valence-corrected chi connectivity index (χ2v) is 7.33. The number of hydrogen-bond acceptors (Lipinski definition) is 4. The van der Waals surface area contributed by atoms with E-state index in [2.05, 4.69) is 5.32 Å². The summed E-state index contributed by atoms with van der Waals surface area (Å²) < 4.78 is 37.9. The number of aryl methyl sites for hydroxylation is 1. The minimum atomic E-state index is -2.18. The van der Waals surface area contributed by atoms with Crippen molar-refractivity contribution in [1.29, 1.82) is 0 Å². The molecule has 1 unspecified atom stereocenters. The molecule has 0 fully saturated rings. The minimum absolute atomic E-state index is 0.0195. The molecule has 1 atom stereocenters. The quantitative estimate of drug-likeness (QED) is 0.643. The zero-order chi connectivity index (χ0) is 19.2. The Kier molecular flexibility index (Phi) is 4.11. The van der Waals surface area contributed by atoms with Gasteiger partial charge < -0.3 is 14.8 Å². The van der Waals surface area contributed by atoms with Crippen LogP contribution in [0.3, 0.4) is 0 Å². The van der Waals surface area contributed by atoms with E-state index in [-0.39, 0.29) is 5.56 Å². The van der Waals surface area contributed by atoms with Crippen molar-refractivity contribution in [3.05, 3.63) is 65.5 Å². The maximum absolute atomic E-state index is 13.9. The van der Waals surface area contributed by atoms with Crippen LogP contribution in [-0.4, -0.2) is 11.9 Å². The second kappa shape index (κ2) is 6.35. The lowest BCUT2D eigenvalue weighted by Crippen LogP contribution is -2.27. The van der Waals surface area contributed by atoms with E-state index in [9.17, 15) is 13.6 Å². The summed E-state index contributed by atoms with van der Waals surface area (Å²) in [6.07, 6.45) is 0. The molecule has 0 aliphatic carbocycles. The predicted molar refractivity (Wildman–Crippen MR) is 99.6 cm³/mol. The monoisotopic (exact) mass is 387 g/mol. The molecule has 0 saturated heterocycles. The third kappa shape index (κ3) is 3.38. The number of halogens is 2. The lowest BCUT2D eigenvalue weighted by Gasteiger charge is -2.10. The number of hydrogen-bond donors (Lipinski definition) is 1. The first-order chi connectivity index (χ1) is 12.8. The number of thiophene rings is 1. The number of fused-ring (bicyclic) bond motifs is 1. The Labute approximate surface area is 158 Å². The average Bonchev–Trinajstić information content (AvgIpc) is 3.16. The molecule has 1 aliphatic rings. The molecule has 0 bridgehead atoms. The summed E-state index contributed by atoms with van der Waals surface area (Å²) in [6, 6.07) is 10.6. The molecule has 0 spiro atoms. The van der Waals surface area contributed by atoms with E-state index in [1.165, 1.54) is 36.5 Å². The van der Waals surface area contributed by atoms with Crippen LogP contribution in [0.5, 0.6) is 11.5 Å². The summed E-state index contributed by atoms with van der Waals surface area (Å²) in [5.41, 5.74) is 1.70. The summed E-state index contributed by atoms with van der Waals surface area (Å²) in [5, 5.41) is 3.27. The van der Waals surface area contributed by atoms with Gasteiger partial charge in [0.1, 0.15) is 5.82 Å². The van der Waals surface area contributed by atoms with E-state index in [1.54, 1.807) is 24.3 Å². The van der Waals surface area contributed by atoms with Gasteiger partial charge in [-0.25, -0.2) is 4.39 Å². The first kappa shape index (κ1) is 17.5. The first-order valence-electron chi connectivity index (χ1n) is 8.20. The Morgan fingerprint density at radius 1 is 1.11 bits per heavy atom. The van der Waals surface area contributed by atoms with Crippen LogP contribution in [0, 0.1) is 12.7 Å². The fraction of sp³-hybridized carbons (Fsp3) is 0.150. The van der Waals surface area contributed by atoms with Gasteiger partial charge in [0, 0.05) is 11.8 Å². The number of anilines is 1. The zero-order valence-electron chi connectivity index (χ0n) is 14.5. The molecule has 2 heterocycles. The number of nitrogens with one attached hydrogen (secondary N) is 1. The van der Waals surface area contributed by atoms with Gasteiger partial charge in [-0.05, 0) is 54.4 Å². The molecular weight excluding hydrogens is 372 g/mol. The van der Waals surface area contributed by atoms with E-state index < -0.39 is 17.8 Å². The highest BCUT2D eigenvalue weighted by Crippen LogP contribution is 2.45. The number of rotatable bonds is 3. The van der Waals surface area contributed by atoms with E-state index in [0.717, 1.165) is 16.0 Å². The van der Waals surface area contributed by atoms with Gasteiger partial charge in [0.15, 0.2) is 11.5 Å². The Morgan fingerprint density at radius 2 is 1.81 bits per heavy atom. The van der Waals surface area contributed by atoms with Crippen molar-refractivity contribution in [2.75, 3.05) is 5.32 Å². The molecule has 138 valence electrons. The van der Waals surface area contributed by atoms with Gasteiger partial charge in [-0.1, -0.05) is 12.1 Å². The Morgan fingerprint density at radius 3 is 2.56 bits per heavy atom. The van der Waals surface area contributed by atoms with Crippen LogP contribution >= 0.6 is 11.3 Å². The van der Waals surface area contributed by atoms with Gasteiger partial charge in [-0.15, -0.1) is 11.3 Å². The molecule has 2 aromatic carbocycles. The number of alkyl halides is 1. The Bertz CT molecular complexity index is 1050. The number of carbonyl (C=O) groups is 1. The van der Waals surface area contributed by atoms with Crippen LogP contribution in [0.15, 0.2) is 48.5 Å². The standard InChI is InChI=1S/C20H15F2NO3S/c1-11-9-15-16(26-20(2,22)25-15)10-13(11)17-7-8-18(27-17)23-19(24)12-5-3-4-6-14(12)21/h3-10H,1-2H3,(H,23,24). The average molecular weight is 387 g/mol. The largest absolute Gasteiger partial charge is 0.423 e. The molecule has 1 amide bonds. The second-order valence-electron chi connectivity index (χ2n) is 6.25. The molecule has 1 aromatic heterocycles.